The summed E-state index contributed by atoms with van der Waals surface area (Å²) >= 11 is 0. The van der Waals surface area contributed by atoms with Crippen molar-refractivity contribution >= 4 is 11.6 Å². The maximum absolute atomic E-state index is 13.1. The maximum Gasteiger partial charge on any atom is 0.295 e. The molecular weight excluding hydrogens is 409 g/mol. The van der Waals surface area contributed by atoms with Crippen molar-refractivity contribution in [3.8, 4) is 5.69 Å². The lowest BCUT2D eigenvalue weighted by Gasteiger charge is -2.34. The third-order valence-corrected chi connectivity index (χ3v) is 5.97. The van der Waals surface area contributed by atoms with Crippen molar-refractivity contribution in [1.29, 1.82) is 0 Å². The molecule has 1 fully saturated rings. The van der Waals surface area contributed by atoms with Crippen LogP contribution in [-0.4, -0.2) is 57.8 Å². The second-order valence-corrected chi connectivity index (χ2v) is 8.16. The normalized spacial score (nSPS) is 15.1. The summed E-state index contributed by atoms with van der Waals surface area (Å²) in [6.45, 7) is 6.01. The number of anilines is 1. The molecule has 2 aromatic carbocycles. The highest BCUT2D eigenvalue weighted by molar-refractivity contribution is 5.92. The van der Waals surface area contributed by atoms with E-state index < -0.39 is 0 Å². The number of rotatable bonds is 6. The number of carbonyl (C=O) groups is 1. The third-order valence-electron chi connectivity index (χ3n) is 5.97. The van der Waals surface area contributed by atoms with E-state index in [1.807, 2.05) is 37.3 Å². The number of halogens is 1. The molecule has 3 aromatic rings. The molecule has 8 heteroatoms. The van der Waals surface area contributed by atoms with Gasteiger partial charge in [0.15, 0.2) is 0 Å². The molecule has 168 valence electrons. The first-order valence-corrected chi connectivity index (χ1v) is 10.8. The van der Waals surface area contributed by atoms with E-state index >= 15 is 0 Å². The van der Waals surface area contributed by atoms with Crippen LogP contribution in [-0.2, 0) is 18.4 Å². The van der Waals surface area contributed by atoms with Gasteiger partial charge in [0.1, 0.15) is 11.5 Å². The first kappa shape index (κ1) is 22.0. The average Bonchev–Trinajstić information content (AvgIpc) is 3.00. The number of nitrogens with zero attached hydrogens (tertiary/aromatic N) is 4. The van der Waals surface area contributed by atoms with Crippen molar-refractivity contribution < 1.29 is 9.18 Å². The van der Waals surface area contributed by atoms with Crippen LogP contribution < -0.4 is 10.9 Å². The van der Waals surface area contributed by atoms with Crippen molar-refractivity contribution in [3.63, 3.8) is 0 Å². The van der Waals surface area contributed by atoms with Crippen molar-refractivity contribution in [2.24, 2.45) is 7.05 Å². The van der Waals surface area contributed by atoms with Gasteiger partial charge in [-0.05, 0) is 36.8 Å². The quantitative estimate of drug-likeness (QED) is 0.643. The summed E-state index contributed by atoms with van der Waals surface area (Å²) in [5, 5.41) is 2.83. The first-order chi connectivity index (χ1) is 15.4. The van der Waals surface area contributed by atoms with E-state index in [0.29, 0.717) is 11.4 Å². The first-order valence-electron chi connectivity index (χ1n) is 10.8. The van der Waals surface area contributed by atoms with Crippen molar-refractivity contribution in [2.45, 2.75) is 13.5 Å². The molecule has 1 aliphatic rings. The molecule has 1 amide bonds. The van der Waals surface area contributed by atoms with E-state index in [2.05, 4.69) is 15.1 Å². The minimum absolute atomic E-state index is 0.192. The molecule has 0 spiro atoms. The zero-order valence-corrected chi connectivity index (χ0v) is 18.4. The molecule has 0 saturated carbocycles. The fourth-order valence-corrected chi connectivity index (χ4v) is 4.05. The number of benzene rings is 2. The molecule has 0 bridgehead atoms. The molecule has 0 atom stereocenters. The third kappa shape index (κ3) is 4.81. The number of carbonyl (C=O) groups excluding carboxylic acids is 1. The van der Waals surface area contributed by atoms with Crippen molar-refractivity contribution in [1.82, 2.24) is 19.2 Å². The van der Waals surface area contributed by atoms with E-state index in [-0.39, 0.29) is 23.8 Å². The standard InChI is InChI=1S/C24H28FN5O2/c1-18-23(24(32)30(27(18)2)21-6-4-3-5-7-21)26-22(31)17-29-14-12-28(13-15-29)16-19-8-10-20(25)11-9-19/h3-11H,12-17H2,1-2H3,(H,26,31). The summed E-state index contributed by atoms with van der Waals surface area (Å²) in [5.41, 5.74) is 2.61. The van der Waals surface area contributed by atoms with Crippen LogP contribution in [0.15, 0.2) is 59.4 Å². The predicted octanol–water partition coefficient (Wildman–Crippen LogP) is 2.38. The Kier molecular flexibility index (Phi) is 6.53. The number of nitrogens with one attached hydrogen (secondary N) is 1. The highest BCUT2D eigenvalue weighted by Gasteiger charge is 2.22. The summed E-state index contributed by atoms with van der Waals surface area (Å²) in [6.07, 6.45) is 0. The highest BCUT2D eigenvalue weighted by Crippen LogP contribution is 2.14. The Bertz CT molecular complexity index is 1130. The Morgan fingerprint density at radius 3 is 2.25 bits per heavy atom. The van der Waals surface area contributed by atoms with Gasteiger partial charge >= 0.3 is 0 Å². The van der Waals surface area contributed by atoms with Crippen LogP contribution in [0, 0.1) is 12.7 Å². The molecule has 1 aliphatic heterocycles. The van der Waals surface area contributed by atoms with E-state index in [9.17, 15) is 14.0 Å². The van der Waals surface area contributed by atoms with Crippen LogP contribution in [0.1, 0.15) is 11.3 Å². The van der Waals surface area contributed by atoms with Crippen LogP contribution in [0.5, 0.6) is 0 Å². The Hall–Kier alpha value is -3.23. The zero-order chi connectivity index (χ0) is 22.7. The van der Waals surface area contributed by atoms with Gasteiger partial charge < -0.3 is 5.32 Å². The molecular formula is C24H28FN5O2. The minimum atomic E-state index is -0.242. The maximum atomic E-state index is 13.1. The summed E-state index contributed by atoms with van der Waals surface area (Å²) in [7, 11) is 1.81. The molecule has 1 aromatic heterocycles. The lowest BCUT2D eigenvalue weighted by molar-refractivity contribution is -0.117. The van der Waals surface area contributed by atoms with Gasteiger partial charge in [0.25, 0.3) is 5.56 Å². The largest absolute Gasteiger partial charge is 0.319 e. The van der Waals surface area contributed by atoms with Crippen molar-refractivity contribution in [2.75, 3.05) is 38.0 Å². The molecule has 7 nitrogen and oxygen atoms in total. The van der Waals surface area contributed by atoms with Crippen LogP contribution >= 0.6 is 0 Å². The Morgan fingerprint density at radius 2 is 1.59 bits per heavy atom. The summed E-state index contributed by atoms with van der Waals surface area (Å²) in [6, 6.07) is 15.9. The second kappa shape index (κ2) is 9.50. The van der Waals surface area contributed by atoms with E-state index in [1.165, 1.54) is 12.1 Å². The van der Waals surface area contributed by atoms with Crippen LogP contribution in [0.4, 0.5) is 10.1 Å². The highest BCUT2D eigenvalue weighted by atomic mass is 19.1. The number of aromatic nitrogens is 2. The number of amides is 1. The summed E-state index contributed by atoms with van der Waals surface area (Å²) in [4.78, 5) is 30.0. The number of para-hydroxylation sites is 1. The van der Waals surface area contributed by atoms with Gasteiger partial charge in [-0.25, -0.2) is 9.07 Å². The van der Waals surface area contributed by atoms with E-state index in [1.54, 1.807) is 28.5 Å². The van der Waals surface area contributed by atoms with Crippen LogP contribution in [0.25, 0.3) is 5.69 Å². The molecule has 0 radical (unpaired) electrons. The lowest BCUT2D eigenvalue weighted by atomic mass is 10.2. The summed E-state index contributed by atoms with van der Waals surface area (Å²) in [5.74, 6) is -0.420. The molecule has 0 unspecified atom stereocenters. The van der Waals surface area contributed by atoms with Gasteiger partial charge in [-0.15, -0.1) is 0 Å². The molecule has 2 heterocycles. The summed E-state index contributed by atoms with van der Waals surface area (Å²) < 4.78 is 16.4. The Labute approximate surface area is 186 Å². The monoisotopic (exact) mass is 437 g/mol. The second-order valence-electron chi connectivity index (χ2n) is 8.16. The molecule has 1 N–H and O–H groups in total. The average molecular weight is 438 g/mol. The molecule has 32 heavy (non-hydrogen) atoms. The van der Waals surface area contributed by atoms with E-state index in [4.69, 9.17) is 0 Å². The lowest BCUT2D eigenvalue weighted by Crippen LogP contribution is -2.48. The molecule has 1 saturated heterocycles. The smallest absolute Gasteiger partial charge is 0.295 e. The van der Waals surface area contributed by atoms with Gasteiger partial charge in [-0.1, -0.05) is 30.3 Å². The number of piperazine rings is 1. The minimum Gasteiger partial charge on any atom is -0.319 e. The Balaban J connectivity index is 1.34. The number of hydrogen-bond donors (Lipinski definition) is 1. The zero-order valence-electron chi connectivity index (χ0n) is 18.4. The van der Waals surface area contributed by atoms with Crippen molar-refractivity contribution in [3.05, 3.63) is 82.0 Å². The number of hydrogen-bond acceptors (Lipinski definition) is 4. The Morgan fingerprint density at radius 1 is 0.969 bits per heavy atom. The van der Waals surface area contributed by atoms with Gasteiger partial charge in [0, 0.05) is 39.8 Å². The van der Waals surface area contributed by atoms with Gasteiger partial charge in [0.2, 0.25) is 5.91 Å². The topological polar surface area (TPSA) is 62.5 Å². The predicted molar refractivity (Wildman–Crippen MR) is 122 cm³/mol. The van der Waals surface area contributed by atoms with Crippen LogP contribution in [0.3, 0.4) is 0 Å². The van der Waals surface area contributed by atoms with E-state index in [0.717, 1.165) is 44.0 Å². The molecule has 0 aliphatic carbocycles. The fourth-order valence-electron chi connectivity index (χ4n) is 4.05. The SMILES string of the molecule is Cc1c(NC(=O)CN2CCN(Cc3ccc(F)cc3)CC2)c(=O)n(-c2ccccc2)n1C. The van der Waals surface area contributed by atoms with Crippen LogP contribution in [0.2, 0.25) is 0 Å². The van der Waals surface area contributed by atoms with Gasteiger partial charge in [-0.3, -0.25) is 24.1 Å². The van der Waals surface area contributed by atoms with Gasteiger partial charge in [0.05, 0.1) is 17.9 Å². The van der Waals surface area contributed by atoms with Gasteiger partial charge in [-0.2, -0.15) is 0 Å². The fraction of sp³-hybridized carbons (Fsp3) is 0.333. The molecule has 4 rings (SSSR count).